The summed E-state index contributed by atoms with van der Waals surface area (Å²) >= 11 is 6.33. The zero-order valence-corrected chi connectivity index (χ0v) is 19.7. The van der Waals surface area contributed by atoms with E-state index in [1.165, 1.54) is 37.7 Å². The van der Waals surface area contributed by atoms with Gasteiger partial charge in [-0.25, -0.2) is 0 Å². The summed E-state index contributed by atoms with van der Waals surface area (Å²) < 4.78 is 0. The molecule has 0 aromatic heterocycles. The lowest BCUT2D eigenvalue weighted by Crippen LogP contribution is -2.50. The molecule has 2 saturated carbocycles. The van der Waals surface area contributed by atoms with E-state index in [2.05, 4.69) is 17.0 Å². The number of aliphatic hydroxyl groups is 1. The first kappa shape index (κ1) is 25.2. The van der Waals surface area contributed by atoms with Gasteiger partial charge in [-0.3, -0.25) is 0 Å². The maximum Gasteiger partial charge on any atom is 0.0731 e. The van der Waals surface area contributed by atoms with Gasteiger partial charge in [0.1, 0.15) is 0 Å². The predicted molar refractivity (Wildman–Crippen MR) is 127 cm³/mol. The highest BCUT2D eigenvalue weighted by Crippen LogP contribution is 2.49. The largest absolute Gasteiger partial charge is 0.389 e. The Hall–Kier alpha value is -0.0300. The SMILES string of the molecule is Cl.Cl.NC1CCN(CC(c2cccc(Cl)c2)C2(O)CCC3CCCCC3C2)CC1. The molecule has 0 bridgehead atoms. The highest BCUT2D eigenvalue weighted by atomic mass is 35.5. The van der Waals surface area contributed by atoms with Crippen molar-refractivity contribution in [2.75, 3.05) is 19.6 Å². The molecular formula is C23H37Cl3N2O. The number of hydrogen-bond donors (Lipinski definition) is 2. The summed E-state index contributed by atoms with van der Waals surface area (Å²) in [6.07, 6.45) is 10.6. The van der Waals surface area contributed by atoms with E-state index in [1.54, 1.807) is 0 Å². The Morgan fingerprint density at radius 2 is 1.76 bits per heavy atom. The second kappa shape index (κ2) is 11.0. The molecule has 3 fully saturated rings. The van der Waals surface area contributed by atoms with Crippen LogP contribution in [0.5, 0.6) is 0 Å². The normalized spacial score (nSPS) is 31.8. The highest BCUT2D eigenvalue weighted by Gasteiger charge is 2.46. The van der Waals surface area contributed by atoms with Crippen LogP contribution in [0.3, 0.4) is 0 Å². The molecule has 3 nitrogen and oxygen atoms in total. The van der Waals surface area contributed by atoms with Crippen molar-refractivity contribution < 1.29 is 5.11 Å². The summed E-state index contributed by atoms with van der Waals surface area (Å²) in [5.41, 5.74) is 6.70. The van der Waals surface area contributed by atoms with Crippen LogP contribution in [0.25, 0.3) is 0 Å². The molecule has 3 aliphatic rings. The van der Waals surface area contributed by atoms with Gasteiger partial charge in [-0.05, 0) is 74.7 Å². The molecular weight excluding hydrogens is 427 g/mol. The van der Waals surface area contributed by atoms with E-state index >= 15 is 0 Å². The number of halogens is 3. The molecule has 1 aliphatic heterocycles. The van der Waals surface area contributed by atoms with E-state index < -0.39 is 5.60 Å². The van der Waals surface area contributed by atoms with Crippen LogP contribution in [0.2, 0.25) is 5.02 Å². The average molecular weight is 464 g/mol. The van der Waals surface area contributed by atoms with Crippen LogP contribution in [-0.2, 0) is 0 Å². The second-order valence-corrected chi connectivity index (χ2v) is 9.83. The third-order valence-corrected chi connectivity index (χ3v) is 7.84. The van der Waals surface area contributed by atoms with E-state index in [-0.39, 0.29) is 30.7 Å². The zero-order chi connectivity index (χ0) is 18.9. The molecule has 4 atom stereocenters. The third-order valence-electron chi connectivity index (χ3n) is 7.60. The van der Waals surface area contributed by atoms with E-state index in [0.29, 0.717) is 12.0 Å². The maximum atomic E-state index is 11.9. The number of nitrogens with two attached hydrogens (primary N) is 1. The fourth-order valence-electron chi connectivity index (χ4n) is 5.94. The number of likely N-dealkylation sites (tertiary alicyclic amines) is 1. The highest BCUT2D eigenvalue weighted by molar-refractivity contribution is 6.30. The molecule has 6 heteroatoms. The Kier molecular flexibility index (Phi) is 9.59. The summed E-state index contributed by atoms with van der Waals surface area (Å²) in [6.45, 7) is 3.00. The van der Waals surface area contributed by atoms with Crippen LogP contribution in [0.1, 0.15) is 69.3 Å². The Morgan fingerprint density at radius 3 is 2.45 bits per heavy atom. The lowest BCUT2D eigenvalue weighted by atomic mass is 9.61. The minimum atomic E-state index is -0.608. The van der Waals surface area contributed by atoms with Crippen molar-refractivity contribution in [2.45, 2.75) is 75.3 Å². The van der Waals surface area contributed by atoms with E-state index in [1.807, 2.05) is 12.1 Å². The first-order chi connectivity index (χ1) is 13.0. The topological polar surface area (TPSA) is 49.5 Å². The molecule has 1 aromatic carbocycles. The molecule has 4 unspecified atom stereocenters. The summed E-state index contributed by atoms with van der Waals surface area (Å²) in [4.78, 5) is 2.51. The van der Waals surface area contributed by atoms with Gasteiger partial charge in [0.15, 0.2) is 0 Å². The molecule has 1 heterocycles. The van der Waals surface area contributed by atoms with Crippen molar-refractivity contribution in [3.05, 3.63) is 34.9 Å². The number of hydrogen-bond acceptors (Lipinski definition) is 3. The van der Waals surface area contributed by atoms with Crippen LogP contribution in [0.15, 0.2) is 24.3 Å². The Morgan fingerprint density at radius 1 is 1.07 bits per heavy atom. The van der Waals surface area contributed by atoms with Crippen LogP contribution in [-0.4, -0.2) is 41.3 Å². The summed E-state index contributed by atoms with van der Waals surface area (Å²) in [7, 11) is 0. The summed E-state index contributed by atoms with van der Waals surface area (Å²) in [5, 5.41) is 12.7. The maximum absolute atomic E-state index is 11.9. The fourth-order valence-corrected chi connectivity index (χ4v) is 6.14. The van der Waals surface area contributed by atoms with Gasteiger partial charge in [-0.1, -0.05) is 49.4 Å². The quantitative estimate of drug-likeness (QED) is 0.627. The predicted octanol–water partition coefficient (Wildman–Crippen LogP) is 5.41. The summed E-state index contributed by atoms with van der Waals surface area (Å²) in [5.74, 6) is 1.68. The Bertz CT molecular complexity index is 638. The second-order valence-electron chi connectivity index (χ2n) is 9.40. The first-order valence-corrected chi connectivity index (χ1v) is 11.4. The molecule has 4 rings (SSSR count). The van der Waals surface area contributed by atoms with Gasteiger partial charge in [0.05, 0.1) is 5.60 Å². The first-order valence-electron chi connectivity index (χ1n) is 11.0. The van der Waals surface area contributed by atoms with Crippen molar-refractivity contribution in [1.29, 1.82) is 0 Å². The zero-order valence-electron chi connectivity index (χ0n) is 17.3. The van der Waals surface area contributed by atoms with Crippen LogP contribution in [0.4, 0.5) is 0 Å². The standard InChI is InChI=1S/C23H35ClN2O.2ClH/c24-20-7-3-6-18(14-20)22(16-26-12-9-21(25)10-13-26)23(27)11-8-17-4-1-2-5-19(17)15-23;;/h3,6-7,14,17,19,21-22,27H,1-2,4-5,8-13,15-16,25H2;2*1H. The number of piperidine rings is 1. The Balaban J connectivity index is 0.00000150. The number of rotatable bonds is 4. The van der Waals surface area contributed by atoms with Gasteiger partial charge >= 0.3 is 0 Å². The number of fused-ring (bicyclic) bond motifs is 1. The van der Waals surface area contributed by atoms with Crippen molar-refractivity contribution in [3.63, 3.8) is 0 Å². The van der Waals surface area contributed by atoms with Gasteiger partial charge in [0.25, 0.3) is 0 Å². The smallest absolute Gasteiger partial charge is 0.0731 e. The Labute approximate surface area is 193 Å². The number of nitrogens with zero attached hydrogens (tertiary/aromatic N) is 1. The fraction of sp³-hybridized carbons (Fsp3) is 0.739. The van der Waals surface area contributed by atoms with Crippen molar-refractivity contribution in [2.24, 2.45) is 17.6 Å². The minimum absolute atomic E-state index is 0. The van der Waals surface area contributed by atoms with E-state index in [0.717, 1.165) is 56.3 Å². The molecule has 166 valence electrons. The minimum Gasteiger partial charge on any atom is -0.389 e. The van der Waals surface area contributed by atoms with Gasteiger partial charge in [0, 0.05) is 23.5 Å². The van der Waals surface area contributed by atoms with Crippen LogP contribution in [0, 0.1) is 11.8 Å². The number of benzene rings is 1. The van der Waals surface area contributed by atoms with Gasteiger partial charge in [-0.15, -0.1) is 24.8 Å². The molecule has 1 saturated heterocycles. The molecule has 2 aliphatic carbocycles. The summed E-state index contributed by atoms with van der Waals surface area (Å²) in [6, 6.07) is 8.55. The van der Waals surface area contributed by atoms with Crippen LogP contribution < -0.4 is 5.73 Å². The molecule has 0 radical (unpaired) electrons. The van der Waals surface area contributed by atoms with Crippen molar-refractivity contribution in [1.82, 2.24) is 4.90 Å². The average Bonchev–Trinajstić information content (AvgIpc) is 2.67. The van der Waals surface area contributed by atoms with Gasteiger partial charge in [0.2, 0.25) is 0 Å². The molecule has 1 aromatic rings. The molecule has 0 spiro atoms. The molecule has 29 heavy (non-hydrogen) atoms. The van der Waals surface area contributed by atoms with E-state index in [4.69, 9.17) is 17.3 Å². The monoisotopic (exact) mass is 462 g/mol. The van der Waals surface area contributed by atoms with Crippen molar-refractivity contribution in [3.8, 4) is 0 Å². The van der Waals surface area contributed by atoms with Crippen molar-refractivity contribution >= 4 is 36.4 Å². The molecule has 3 N–H and O–H groups in total. The molecule has 0 amide bonds. The van der Waals surface area contributed by atoms with E-state index in [9.17, 15) is 5.11 Å². The third kappa shape index (κ3) is 6.02. The van der Waals surface area contributed by atoms with Gasteiger partial charge in [-0.2, -0.15) is 0 Å². The van der Waals surface area contributed by atoms with Gasteiger partial charge < -0.3 is 15.7 Å². The van der Waals surface area contributed by atoms with Crippen LogP contribution >= 0.6 is 36.4 Å². The lowest BCUT2D eigenvalue weighted by Gasteiger charge is -2.49. The lowest BCUT2D eigenvalue weighted by molar-refractivity contribution is -0.0715.